The van der Waals surface area contributed by atoms with Crippen LogP contribution in [0.2, 0.25) is 0 Å². The van der Waals surface area contributed by atoms with Crippen molar-refractivity contribution in [3.8, 4) is 17.1 Å². The Morgan fingerprint density at radius 1 is 1.17 bits per heavy atom. The number of methoxy groups -OCH3 is 1. The number of rotatable bonds is 6. The van der Waals surface area contributed by atoms with Crippen LogP contribution in [0.5, 0.6) is 5.75 Å². The van der Waals surface area contributed by atoms with E-state index in [9.17, 15) is 9.59 Å². The molecule has 0 aliphatic carbocycles. The number of para-hydroxylation sites is 1. The number of amides is 1. The molecule has 0 bridgehead atoms. The van der Waals surface area contributed by atoms with Crippen molar-refractivity contribution in [3.63, 3.8) is 0 Å². The summed E-state index contributed by atoms with van der Waals surface area (Å²) in [6, 6.07) is 12.3. The van der Waals surface area contributed by atoms with Crippen LogP contribution in [0, 0.1) is 0 Å². The van der Waals surface area contributed by atoms with Crippen LogP contribution in [0.25, 0.3) is 11.4 Å². The van der Waals surface area contributed by atoms with Crippen molar-refractivity contribution >= 4 is 17.2 Å². The van der Waals surface area contributed by atoms with Gasteiger partial charge in [0.15, 0.2) is 0 Å². The van der Waals surface area contributed by atoms with Crippen molar-refractivity contribution in [1.82, 2.24) is 24.9 Å². The normalized spacial score (nSPS) is 10.7. The summed E-state index contributed by atoms with van der Waals surface area (Å²) in [4.78, 5) is 25.2. The number of carbonyl (C=O) groups is 1. The van der Waals surface area contributed by atoms with E-state index in [-0.39, 0.29) is 29.3 Å². The van der Waals surface area contributed by atoms with Gasteiger partial charge in [-0.3, -0.25) is 14.2 Å². The molecule has 9 heteroatoms. The molecule has 1 N–H and O–H groups in total. The van der Waals surface area contributed by atoms with E-state index in [1.807, 2.05) is 35.0 Å². The Hall–Kier alpha value is -3.72. The average Bonchev–Trinajstić information content (AvgIpc) is 3.44. The van der Waals surface area contributed by atoms with E-state index >= 15 is 0 Å². The Labute approximate surface area is 170 Å². The van der Waals surface area contributed by atoms with Crippen molar-refractivity contribution in [2.24, 2.45) is 0 Å². The maximum Gasteiger partial charge on any atom is 0.258 e. The third-order valence-electron chi connectivity index (χ3n) is 4.26. The molecule has 4 rings (SSSR count). The molecule has 0 radical (unpaired) electrons. The van der Waals surface area contributed by atoms with Crippen LogP contribution < -0.4 is 15.6 Å². The molecule has 3 heterocycles. The lowest BCUT2D eigenvalue weighted by Gasteiger charge is -2.12. The molecule has 0 fully saturated rings. The number of benzene rings is 1. The Morgan fingerprint density at radius 2 is 2.00 bits per heavy atom. The fraction of sp³-hybridized carbons (Fsp3) is 0.100. The third kappa shape index (κ3) is 3.94. The first kappa shape index (κ1) is 18.6. The Balaban J connectivity index is 1.56. The SMILES string of the molecule is COc1cc(=O)n(-c2ccccc2)cc1C(=O)NCc1cn(-c2ccsc2)nn1. The minimum Gasteiger partial charge on any atom is -0.496 e. The predicted molar refractivity (Wildman–Crippen MR) is 109 cm³/mol. The van der Waals surface area contributed by atoms with Gasteiger partial charge in [0.2, 0.25) is 0 Å². The van der Waals surface area contributed by atoms with Gasteiger partial charge in [-0.05, 0) is 23.6 Å². The van der Waals surface area contributed by atoms with Crippen LogP contribution >= 0.6 is 11.3 Å². The van der Waals surface area contributed by atoms with Crippen molar-refractivity contribution in [3.05, 3.63) is 87.2 Å². The van der Waals surface area contributed by atoms with Gasteiger partial charge in [0.05, 0.1) is 31.1 Å². The number of aromatic nitrogens is 4. The number of pyridine rings is 1. The van der Waals surface area contributed by atoms with Crippen molar-refractivity contribution < 1.29 is 9.53 Å². The summed E-state index contributed by atoms with van der Waals surface area (Å²) in [6.45, 7) is 0.191. The first-order valence-corrected chi connectivity index (χ1v) is 9.68. The van der Waals surface area contributed by atoms with Gasteiger partial charge in [-0.15, -0.1) is 5.10 Å². The summed E-state index contributed by atoms with van der Waals surface area (Å²) in [7, 11) is 1.42. The molecule has 0 aliphatic heterocycles. The minimum atomic E-state index is -0.378. The maximum absolute atomic E-state index is 12.8. The van der Waals surface area contributed by atoms with Crippen molar-refractivity contribution in [2.75, 3.05) is 7.11 Å². The second kappa shape index (κ2) is 8.11. The molecule has 1 amide bonds. The smallest absolute Gasteiger partial charge is 0.258 e. The van der Waals surface area contributed by atoms with E-state index in [1.54, 1.807) is 34.3 Å². The summed E-state index contributed by atoms with van der Waals surface area (Å²) in [5.41, 5.74) is 2.15. The Bertz CT molecular complexity index is 1180. The first-order chi connectivity index (χ1) is 14.2. The molecule has 146 valence electrons. The van der Waals surface area contributed by atoms with Gasteiger partial charge in [0.25, 0.3) is 11.5 Å². The number of thiophene rings is 1. The maximum atomic E-state index is 12.8. The third-order valence-corrected chi connectivity index (χ3v) is 4.93. The summed E-state index contributed by atoms with van der Waals surface area (Å²) in [5.74, 6) is -0.168. The molecule has 3 aromatic heterocycles. The Kier molecular flexibility index (Phi) is 5.21. The number of ether oxygens (including phenoxy) is 1. The lowest BCUT2D eigenvalue weighted by molar-refractivity contribution is 0.0946. The molecule has 0 unspecified atom stereocenters. The molecule has 0 saturated heterocycles. The zero-order valence-corrected chi connectivity index (χ0v) is 16.3. The summed E-state index contributed by atoms with van der Waals surface area (Å²) < 4.78 is 8.29. The number of nitrogens with one attached hydrogen (secondary N) is 1. The zero-order chi connectivity index (χ0) is 20.2. The minimum absolute atomic E-state index is 0.191. The van der Waals surface area contributed by atoms with Gasteiger partial charge in [-0.1, -0.05) is 23.4 Å². The topological polar surface area (TPSA) is 91.0 Å². The predicted octanol–water partition coefficient (Wildman–Crippen LogP) is 2.42. The van der Waals surface area contributed by atoms with Gasteiger partial charge in [-0.2, -0.15) is 11.3 Å². The van der Waals surface area contributed by atoms with Gasteiger partial charge in [0, 0.05) is 23.3 Å². The van der Waals surface area contributed by atoms with E-state index in [2.05, 4.69) is 15.6 Å². The molecule has 0 saturated carbocycles. The highest BCUT2D eigenvalue weighted by molar-refractivity contribution is 7.08. The fourth-order valence-corrected chi connectivity index (χ4v) is 3.43. The van der Waals surface area contributed by atoms with Crippen LogP contribution in [0.3, 0.4) is 0 Å². The highest BCUT2D eigenvalue weighted by Gasteiger charge is 2.16. The largest absolute Gasteiger partial charge is 0.496 e. The van der Waals surface area contributed by atoms with E-state index in [0.717, 1.165) is 5.69 Å². The first-order valence-electron chi connectivity index (χ1n) is 8.74. The standard InChI is InChI=1S/C20H17N5O3S/c1-28-18-9-19(26)24(15-5-3-2-4-6-15)12-17(18)20(27)21-10-14-11-25(23-22-14)16-7-8-29-13-16/h2-9,11-13H,10H2,1H3,(H,21,27). The average molecular weight is 407 g/mol. The number of carbonyl (C=O) groups excluding carboxylic acids is 1. The molecule has 8 nitrogen and oxygen atoms in total. The van der Waals surface area contributed by atoms with Crippen LogP contribution in [0.15, 0.2) is 70.4 Å². The molecule has 0 spiro atoms. The molecule has 1 aromatic carbocycles. The quantitative estimate of drug-likeness (QED) is 0.530. The summed E-state index contributed by atoms with van der Waals surface area (Å²) in [6.07, 6.45) is 3.23. The molecule has 0 atom stereocenters. The highest BCUT2D eigenvalue weighted by Crippen LogP contribution is 2.17. The molecular formula is C20H17N5O3S. The van der Waals surface area contributed by atoms with Gasteiger partial charge >= 0.3 is 0 Å². The molecular weight excluding hydrogens is 390 g/mol. The summed E-state index contributed by atoms with van der Waals surface area (Å²) in [5, 5.41) is 14.8. The van der Waals surface area contributed by atoms with Crippen LogP contribution in [-0.2, 0) is 6.54 Å². The summed E-state index contributed by atoms with van der Waals surface area (Å²) >= 11 is 1.56. The van der Waals surface area contributed by atoms with Gasteiger partial charge in [0.1, 0.15) is 11.4 Å². The lowest BCUT2D eigenvalue weighted by Crippen LogP contribution is -2.27. The lowest BCUT2D eigenvalue weighted by atomic mass is 10.2. The molecule has 4 aromatic rings. The number of hydrogen-bond donors (Lipinski definition) is 1. The van der Waals surface area contributed by atoms with Gasteiger partial charge < -0.3 is 10.1 Å². The molecule has 29 heavy (non-hydrogen) atoms. The van der Waals surface area contributed by atoms with Crippen molar-refractivity contribution in [2.45, 2.75) is 6.54 Å². The number of hydrogen-bond acceptors (Lipinski definition) is 6. The van der Waals surface area contributed by atoms with E-state index in [4.69, 9.17) is 4.74 Å². The van der Waals surface area contributed by atoms with Crippen LogP contribution in [-0.4, -0.2) is 32.6 Å². The fourth-order valence-electron chi connectivity index (χ4n) is 2.80. The second-order valence-electron chi connectivity index (χ2n) is 6.12. The Morgan fingerprint density at radius 3 is 2.72 bits per heavy atom. The zero-order valence-electron chi connectivity index (χ0n) is 15.5. The van der Waals surface area contributed by atoms with Gasteiger partial charge in [-0.25, -0.2) is 4.68 Å². The highest BCUT2D eigenvalue weighted by atomic mass is 32.1. The van der Waals surface area contributed by atoms with Crippen LogP contribution in [0.1, 0.15) is 16.1 Å². The van der Waals surface area contributed by atoms with Crippen molar-refractivity contribution in [1.29, 1.82) is 0 Å². The monoisotopic (exact) mass is 407 g/mol. The second-order valence-corrected chi connectivity index (χ2v) is 6.90. The van der Waals surface area contributed by atoms with E-state index < -0.39 is 0 Å². The molecule has 0 aliphatic rings. The van der Waals surface area contributed by atoms with E-state index in [0.29, 0.717) is 11.4 Å². The van der Waals surface area contributed by atoms with Crippen LogP contribution in [0.4, 0.5) is 0 Å². The van der Waals surface area contributed by atoms with E-state index in [1.165, 1.54) is 23.9 Å². The number of nitrogens with zero attached hydrogens (tertiary/aromatic N) is 4.